The summed E-state index contributed by atoms with van der Waals surface area (Å²) in [5.74, 6) is 0. The zero-order valence-electron chi connectivity index (χ0n) is 7.10. The van der Waals surface area contributed by atoms with Gasteiger partial charge >= 0.3 is 0 Å². The zero-order valence-corrected chi connectivity index (χ0v) is 9.26. The first kappa shape index (κ1) is 8.51. The fourth-order valence-electron chi connectivity index (χ4n) is 1.67. The van der Waals surface area contributed by atoms with E-state index in [4.69, 9.17) is 0 Å². The van der Waals surface area contributed by atoms with Gasteiger partial charge in [0.05, 0.1) is 0 Å². The molecule has 0 fully saturated rings. The van der Waals surface area contributed by atoms with E-state index in [0.717, 1.165) is 6.54 Å². The van der Waals surface area contributed by atoms with E-state index < -0.39 is 0 Å². The van der Waals surface area contributed by atoms with E-state index in [1.807, 2.05) is 0 Å². The summed E-state index contributed by atoms with van der Waals surface area (Å²) in [4.78, 5) is 0. The molecular formula is C10H12IN. The number of hydrogen-bond acceptors (Lipinski definition) is 1. The molecule has 64 valence electrons. The molecule has 12 heavy (non-hydrogen) atoms. The van der Waals surface area contributed by atoms with Crippen LogP contribution in [0.4, 0.5) is 0 Å². The molecule has 0 amide bonds. The predicted octanol–water partition coefficient (Wildman–Crippen LogP) is 2.33. The van der Waals surface area contributed by atoms with Crippen molar-refractivity contribution in [3.05, 3.63) is 32.9 Å². The van der Waals surface area contributed by atoms with Gasteiger partial charge < -0.3 is 5.32 Å². The van der Waals surface area contributed by atoms with Crippen molar-refractivity contribution in [1.29, 1.82) is 0 Å². The van der Waals surface area contributed by atoms with Crippen LogP contribution in [0.15, 0.2) is 18.2 Å². The predicted molar refractivity (Wildman–Crippen MR) is 59.2 cm³/mol. The summed E-state index contributed by atoms with van der Waals surface area (Å²) in [6.45, 7) is 3.28. The van der Waals surface area contributed by atoms with Crippen molar-refractivity contribution in [3.63, 3.8) is 0 Å². The number of halogens is 1. The van der Waals surface area contributed by atoms with E-state index in [9.17, 15) is 0 Å². The summed E-state index contributed by atoms with van der Waals surface area (Å²) in [5, 5.41) is 3.47. The minimum Gasteiger partial charge on any atom is -0.310 e. The van der Waals surface area contributed by atoms with Gasteiger partial charge in [0.2, 0.25) is 0 Å². The van der Waals surface area contributed by atoms with E-state index in [1.54, 1.807) is 0 Å². The van der Waals surface area contributed by atoms with Gasteiger partial charge in [0.1, 0.15) is 0 Å². The van der Waals surface area contributed by atoms with Gasteiger partial charge in [-0.05, 0) is 53.1 Å². The molecule has 0 radical (unpaired) electrons. The molecule has 1 nitrogen and oxygen atoms in total. The van der Waals surface area contributed by atoms with Crippen LogP contribution in [-0.4, -0.2) is 6.04 Å². The Balaban J connectivity index is 2.42. The molecule has 1 heterocycles. The van der Waals surface area contributed by atoms with Gasteiger partial charge in [-0.15, -0.1) is 0 Å². The third kappa shape index (κ3) is 1.50. The van der Waals surface area contributed by atoms with Crippen LogP contribution in [0, 0.1) is 3.57 Å². The van der Waals surface area contributed by atoms with Crippen molar-refractivity contribution in [2.45, 2.75) is 25.9 Å². The number of hydrogen-bond donors (Lipinski definition) is 1. The molecule has 1 aromatic rings. The summed E-state index contributed by atoms with van der Waals surface area (Å²) >= 11 is 2.41. The highest BCUT2D eigenvalue weighted by Crippen LogP contribution is 2.21. The maximum absolute atomic E-state index is 3.47. The molecule has 0 aromatic heterocycles. The monoisotopic (exact) mass is 273 g/mol. The van der Waals surface area contributed by atoms with Crippen LogP contribution in [0.5, 0.6) is 0 Å². The lowest BCUT2D eigenvalue weighted by atomic mass is 9.97. The van der Waals surface area contributed by atoms with Crippen LogP contribution in [0.3, 0.4) is 0 Å². The normalized spacial score (nSPS) is 22.0. The average Bonchev–Trinajstić information content (AvgIpc) is 2.04. The van der Waals surface area contributed by atoms with Crippen molar-refractivity contribution in [1.82, 2.24) is 5.32 Å². The molecule has 1 N–H and O–H groups in total. The van der Waals surface area contributed by atoms with Crippen LogP contribution in [-0.2, 0) is 13.0 Å². The van der Waals surface area contributed by atoms with Crippen LogP contribution >= 0.6 is 22.6 Å². The zero-order chi connectivity index (χ0) is 8.55. The van der Waals surface area contributed by atoms with Gasteiger partial charge in [0.15, 0.2) is 0 Å². The van der Waals surface area contributed by atoms with Crippen LogP contribution in [0.25, 0.3) is 0 Å². The molecule has 0 bridgehead atoms. The number of benzene rings is 1. The van der Waals surface area contributed by atoms with E-state index in [-0.39, 0.29) is 0 Å². The van der Waals surface area contributed by atoms with Crippen molar-refractivity contribution in [3.8, 4) is 0 Å². The lowest BCUT2D eigenvalue weighted by Crippen LogP contribution is -2.33. The van der Waals surface area contributed by atoms with Gasteiger partial charge in [0.25, 0.3) is 0 Å². The molecule has 2 heteroatoms. The molecule has 1 atom stereocenters. The van der Waals surface area contributed by atoms with Crippen LogP contribution in [0.2, 0.25) is 0 Å². The summed E-state index contributed by atoms with van der Waals surface area (Å²) in [6.07, 6.45) is 1.17. The maximum Gasteiger partial charge on any atom is 0.0221 e. The third-order valence-electron chi connectivity index (χ3n) is 2.37. The molecule has 1 aliphatic rings. The van der Waals surface area contributed by atoms with E-state index in [0.29, 0.717) is 6.04 Å². The highest BCUT2D eigenvalue weighted by Gasteiger charge is 2.15. The number of rotatable bonds is 0. The highest BCUT2D eigenvalue weighted by atomic mass is 127. The molecule has 0 unspecified atom stereocenters. The van der Waals surface area contributed by atoms with Gasteiger partial charge in [-0.2, -0.15) is 0 Å². The molecule has 0 saturated carbocycles. The topological polar surface area (TPSA) is 12.0 Å². The molecule has 2 rings (SSSR count). The Morgan fingerprint density at radius 1 is 1.50 bits per heavy atom. The Hall–Kier alpha value is -0.0900. The summed E-state index contributed by atoms with van der Waals surface area (Å²) in [5.41, 5.74) is 3.02. The Morgan fingerprint density at radius 3 is 3.17 bits per heavy atom. The van der Waals surface area contributed by atoms with Gasteiger partial charge in [-0.3, -0.25) is 0 Å². The number of nitrogens with one attached hydrogen (secondary N) is 1. The molecule has 1 aromatic carbocycles. The fourth-order valence-corrected chi connectivity index (χ4v) is 2.42. The third-order valence-corrected chi connectivity index (χ3v) is 3.38. The van der Waals surface area contributed by atoms with Crippen molar-refractivity contribution < 1.29 is 0 Å². The van der Waals surface area contributed by atoms with Gasteiger partial charge in [0, 0.05) is 16.2 Å². The molecule has 0 saturated heterocycles. The highest BCUT2D eigenvalue weighted by molar-refractivity contribution is 14.1. The first-order valence-electron chi connectivity index (χ1n) is 4.27. The first-order valence-corrected chi connectivity index (χ1v) is 5.35. The fraction of sp³-hybridized carbons (Fsp3) is 0.400. The smallest absolute Gasteiger partial charge is 0.0221 e. The second-order valence-electron chi connectivity index (χ2n) is 3.36. The Labute approximate surface area is 86.7 Å². The molecule has 0 spiro atoms. The van der Waals surface area contributed by atoms with E-state index >= 15 is 0 Å². The summed E-state index contributed by atoms with van der Waals surface area (Å²) < 4.78 is 1.39. The molecule has 0 aliphatic carbocycles. The lowest BCUT2D eigenvalue weighted by molar-refractivity contribution is 0.512. The largest absolute Gasteiger partial charge is 0.310 e. The Kier molecular flexibility index (Phi) is 2.37. The Morgan fingerprint density at radius 2 is 2.33 bits per heavy atom. The second-order valence-corrected chi connectivity index (χ2v) is 4.53. The van der Waals surface area contributed by atoms with Gasteiger partial charge in [-0.1, -0.05) is 12.1 Å². The minimum atomic E-state index is 0.635. The molecular weight excluding hydrogens is 261 g/mol. The van der Waals surface area contributed by atoms with Crippen molar-refractivity contribution in [2.75, 3.05) is 0 Å². The molecule has 1 aliphatic heterocycles. The van der Waals surface area contributed by atoms with E-state index in [1.165, 1.54) is 21.1 Å². The summed E-state index contributed by atoms with van der Waals surface area (Å²) in [7, 11) is 0. The Bertz CT molecular complexity index is 296. The SMILES string of the molecule is C[C@H]1Cc2cccc(I)c2CN1. The van der Waals surface area contributed by atoms with Crippen molar-refractivity contribution in [2.24, 2.45) is 0 Å². The average molecular weight is 273 g/mol. The second kappa shape index (κ2) is 3.34. The van der Waals surface area contributed by atoms with Crippen LogP contribution in [0.1, 0.15) is 18.1 Å². The summed E-state index contributed by atoms with van der Waals surface area (Å²) in [6, 6.07) is 7.21. The first-order chi connectivity index (χ1) is 5.77. The van der Waals surface area contributed by atoms with Gasteiger partial charge in [-0.25, -0.2) is 0 Å². The van der Waals surface area contributed by atoms with Crippen LogP contribution < -0.4 is 5.32 Å². The lowest BCUT2D eigenvalue weighted by Gasteiger charge is -2.23. The quantitative estimate of drug-likeness (QED) is 0.715. The standard InChI is InChI=1S/C10H12IN/c1-7-5-8-3-2-4-10(11)9(8)6-12-7/h2-4,7,12H,5-6H2,1H3/t7-/m0/s1. The number of fused-ring (bicyclic) bond motifs is 1. The maximum atomic E-state index is 3.47. The van der Waals surface area contributed by atoms with E-state index in [2.05, 4.69) is 53.0 Å². The van der Waals surface area contributed by atoms with Crippen molar-refractivity contribution >= 4 is 22.6 Å². The minimum absolute atomic E-state index is 0.635.